The summed E-state index contributed by atoms with van der Waals surface area (Å²) in [5, 5.41) is 19.7. The first-order valence-electron chi connectivity index (χ1n) is 6.15. The Balaban J connectivity index is 2.58. The number of nitriles is 1. The molecule has 0 unspecified atom stereocenters. The van der Waals surface area contributed by atoms with Gasteiger partial charge in [-0.05, 0) is 39.7 Å². The van der Waals surface area contributed by atoms with Crippen molar-refractivity contribution in [2.45, 2.75) is 33.6 Å². The van der Waals surface area contributed by atoms with Gasteiger partial charge in [0.25, 0.3) is 5.69 Å². The molecule has 0 heterocycles. The molecule has 0 spiro atoms. The third-order valence-corrected chi connectivity index (χ3v) is 2.96. The van der Waals surface area contributed by atoms with Gasteiger partial charge in [-0.25, -0.2) is 0 Å². The van der Waals surface area contributed by atoms with E-state index in [9.17, 15) is 10.1 Å². The van der Waals surface area contributed by atoms with E-state index >= 15 is 0 Å². The molecule has 5 heteroatoms. The molecule has 1 rings (SSSR count). The molecule has 1 aromatic rings. The van der Waals surface area contributed by atoms with E-state index in [1.165, 1.54) is 6.07 Å². The quantitative estimate of drug-likeness (QED) is 0.445. The lowest BCUT2D eigenvalue weighted by molar-refractivity contribution is -0.385. The second kappa shape index (κ2) is 6.19. The largest absolute Gasteiger partial charge is 0.493 e. The van der Waals surface area contributed by atoms with Crippen LogP contribution in [0.15, 0.2) is 18.2 Å². The predicted octanol–water partition coefficient (Wildman–Crippen LogP) is 3.61. The molecule has 0 aliphatic rings. The van der Waals surface area contributed by atoms with Crippen LogP contribution in [-0.4, -0.2) is 11.5 Å². The highest BCUT2D eigenvalue weighted by Crippen LogP contribution is 2.27. The summed E-state index contributed by atoms with van der Waals surface area (Å²) in [5.74, 6) is 0.531. The van der Waals surface area contributed by atoms with Crippen molar-refractivity contribution < 1.29 is 9.66 Å². The molecular weight excluding hydrogens is 244 g/mol. The number of nitro benzene ring substituents is 1. The van der Waals surface area contributed by atoms with Gasteiger partial charge in [0.1, 0.15) is 5.75 Å². The minimum atomic E-state index is -0.416. The minimum absolute atomic E-state index is 0.0647. The number of ether oxygens (including phenoxy) is 1. The maximum atomic E-state index is 10.8. The monoisotopic (exact) mass is 262 g/mol. The van der Waals surface area contributed by atoms with Crippen LogP contribution in [-0.2, 0) is 0 Å². The van der Waals surface area contributed by atoms with Crippen molar-refractivity contribution in [3.63, 3.8) is 0 Å². The van der Waals surface area contributed by atoms with E-state index in [0.717, 1.165) is 12.8 Å². The van der Waals surface area contributed by atoms with Gasteiger partial charge >= 0.3 is 0 Å². The molecule has 0 N–H and O–H groups in total. The molecule has 0 radical (unpaired) electrons. The van der Waals surface area contributed by atoms with E-state index in [-0.39, 0.29) is 11.1 Å². The van der Waals surface area contributed by atoms with Crippen LogP contribution >= 0.6 is 0 Å². The van der Waals surface area contributed by atoms with Crippen LogP contribution in [0, 0.1) is 33.8 Å². The standard InChI is InChI=1S/C14H18N2O3/c1-11-12(16(17)18)6-4-7-13(11)19-9-5-8-14(2,3)10-15/h4,6-7H,5,8-9H2,1-3H3. The molecule has 0 aromatic heterocycles. The second-order valence-corrected chi connectivity index (χ2v) is 5.11. The molecule has 102 valence electrons. The minimum Gasteiger partial charge on any atom is -0.493 e. The van der Waals surface area contributed by atoms with Crippen LogP contribution in [0.3, 0.4) is 0 Å². The summed E-state index contributed by atoms with van der Waals surface area (Å²) >= 11 is 0. The highest BCUT2D eigenvalue weighted by atomic mass is 16.6. The van der Waals surface area contributed by atoms with E-state index in [0.29, 0.717) is 17.9 Å². The maximum Gasteiger partial charge on any atom is 0.276 e. The summed E-state index contributed by atoms with van der Waals surface area (Å²) in [6.45, 7) is 5.89. The van der Waals surface area contributed by atoms with Gasteiger partial charge in [-0.15, -0.1) is 0 Å². The van der Waals surface area contributed by atoms with Crippen LogP contribution in [0.25, 0.3) is 0 Å². The smallest absolute Gasteiger partial charge is 0.276 e. The molecule has 19 heavy (non-hydrogen) atoms. The Hall–Kier alpha value is -2.09. The van der Waals surface area contributed by atoms with Crippen molar-refractivity contribution in [2.24, 2.45) is 5.41 Å². The first-order valence-corrected chi connectivity index (χ1v) is 6.15. The van der Waals surface area contributed by atoms with Crippen LogP contribution in [0.1, 0.15) is 32.3 Å². The van der Waals surface area contributed by atoms with Crippen molar-refractivity contribution in [1.82, 2.24) is 0 Å². The molecule has 5 nitrogen and oxygen atoms in total. The molecule has 0 amide bonds. The lowest BCUT2D eigenvalue weighted by atomic mass is 9.90. The van der Waals surface area contributed by atoms with E-state index < -0.39 is 4.92 Å². The zero-order valence-corrected chi connectivity index (χ0v) is 11.5. The second-order valence-electron chi connectivity index (χ2n) is 5.11. The number of nitrogens with zero attached hydrogens (tertiary/aromatic N) is 2. The first kappa shape index (κ1) is 15.0. The number of benzene rings is 1. The van der Waals surface area contributed by atoms with E-state index in [2.05, 4.69) is 6.07 Å². The Morgan fingerprint density at radius 1 is 1.47 bits per heavy atom. The van der Waals surface area contributed by atoms with Gasteiger partial charge in [0.2, 0.25) is 0 Å². The first-order chi connectivity index (χ1) is 8.87. The number of nitro groups is 1. The molecule has 0 saturated heterocycles. The highest BCUT2D eigenvalue weighted by Gasteiger charge is 2.17. The fraction of sp³-hybridized carbons (Fsp3) is 0.500. The Morgan fingerprint density at radius 3 is 2.74 bits per heavy atom. The van der Waals surface area contributed by atoms with Crippen LogP contribution in [0.2, 0.25) is 0 Å². The zero-order valence-electron chi connectivity index (χ0n) is 11.5. The van der Waals surface area contributed by atoms with Gasteiger partial charge in [0, 0.05) is 6.07 Å². The summed E-state index contributed by atoms with van der Waals surface area (Å²) < 4.78 is 5.55. The lowest BCUT2D eigenvalue weighted by Crippen LogP contribution is -2.10. The van der Waals surface area contributed by atoms with E-state index in [1.807, 2.05) is 13.8 Å². The predicted molar refractivity (Wildman–Crippen MR) is 72.0 cm³/mol. The van der Waals surface area contributed by atoms with Gasteiger partial charge < -0.3 is 4.74 Å². The van der Waals surface area contributed by atoms with Crippen molar-refractivity contribution in [1.29, 1.82) is 5.26 Å². The van der Waals surface area contributed by atoms with Gasteiger partial charge in [-0.1, -0.05) is 6.07 Å². The fourth-order valence-electron chi connectivity index (χ4n) is 1.71. The molecule has 0 bridgehead atoms. The van der Waals surface area contributed by atoms with Crippen molar-refractivity contribution >= 4 is 5.69 Å². The molecule has 1 aromatic carbocycles. The van der Waals surface area contributed by atoms with E-state index in [4.69, 9.17) is 10.00 Å². The molecular formula is C14H18N2O3. The number of rotatable bonds is 6. The van der Waals surface area contributed by atoms with Gasteiger partial charge in [0.05, 0.1) is 28.6 Å². The summed E-state index contributed by atoms with van der Waals surface area (Å²) in [4.78, 5) is 10.4. The Labute approximate surface area is 113 Å². The summed E-state index contributed by atoms with van der Waals surface area (Å²) in [6, 6.07) is 7.02. The molecule has 0 aliphatic heterocycles. The Morgan fingerprint density at radius 2 is 2.16 bits per heavy atom. The van der Waals surface area contributed by atoms with Crippen molar-refractivity contribution in [3.05, 3.63) is 33.9 Å². The zero-order chi connectivity index (χ0) is 14.5. The average molecular weight is 262 g/mol. The van der Waals surface area contributed by atoms with Crippen LogP contribution < -0.4 is 4.74 Å². The fourth-order valence-corrected chi connectivity index (χ4v) is 1.71. The Bertz CT molecular complexity index is 504. The third kappa shape index (κ3) is 4.25. The lowest BCUT2D eigenvalue weighted by Gasteiger charge is -2.15. The van der Waals surface area contributed by atoms with Crippen molar-refractivity contribution in [3.8, 4) is 11.8 Å². The van der Waals surface area contributed by atoms with Gasteiger partial charge in [-0.3, -0.25) is 10.1 Å². The topological polar surface area (TPSA) is 76.2 Å². The number of hydrogen-bond donors (Lipinski definition) is 0. The highest BCUT2D eigenvalue weighted by molar-refractivity contribution is 5.48. The third-order valence-electron chi connectivity index (χ3n) is 2.96. The van der Waals surface area contributed by atoms with Crippen LogP contribution in [0.5, 0.6) is 5.75 Å². The Kier molecular flexibility index (Phi) is 4.87. The maximum absolute atomic E-state index is 10.8. The van der Waals surface area contributed by atoms with Crippen molar-refractivity contribution in [2.75, 3.05) is 6.61 Å². The van der Waals surface area contributed by atoms with Gasteiger partial charge in [0.15, 0.2) is 0 Å². The van der Waals surface area contributed by atoms with E-state index in [1.54, 1.807) is 19.1 Å². The summed E-state index contributed by atoms with van der Waals surface area (Å²) in [7, 11) is 0. The molecule has 0 fully saturated rings. The summed E-state index contributed by atoms with van der Waals surface area (Å²) in [5.41, 5.74) is 0.239. The average Bonchev–Trinajstić information content (AvgIpc) is 2.36. The molecule has 0 aliphatic carbocycles. The number of hydrogen-bond acceptors (Lipinski definition) is 4. The molecule has 0 atom stereocenters. The summed E-state index contributed by atoms with van der Waals surface area (Å²) in [6.07, 6.45) is 1.47. The normalized spacial score (nSPS) is 10.8. The van der Waals surface area contributed by atoms with Crippen LogP contribution in [0.4, 0.5) is 5.69 Å². The van der Waals surface area contributed by atoms with Gasteiger partial charge in [-0.2, -0.15) is 5.26 Å². The molecule has 0 saturated carbocycles. The SMILES string of the molecule is Cc1c(OCCCC(C)(C)C#N)cccc1[N+](=O)[O-].